The van der Waals surface area contributed by atoms with Gasteiger partial charge < -0.3 is 12.4 Å². The fourth-order valence-electron chi connectivity index (χ4n) is 1.21. The van der Waals surface area contributed by atoms with Crippen LogP contribution in [0.15, 0.2) is 36.4 Å². The van der Waals surface area contributed by atoms with Crippen molar-refractivity contribution in [1.82, 2.24) is 5.10 Å². The number of aromatic amines is 1. The molecule has 0 aliphatic heterocycles. The maximum absolute atomic E-state index is 6.00. The molecule has 0 bridgehead atoms. The van der Waals surface area contributed by atoms with Crippen LogP contribution in [0.4, 0.5) is 5.82 Å². The predicted molar refractivity (Wildman–Crippen MR) is 55.7 cm³/mol. The number of H-pyrrole nitrogens is 1. The number of anilines is 1. The first-order valence-electron chi connectivity index (χ1n) is 4.16. The lowest BCUT2D eigenvalue weighted by Gasteiger charge is -1.99. The maximum Gasteiger partial charge on any atom is 0.292 e. The lowest BCUT2D eigenvalue weighted by atomic mass is 10.1. The van der Waals surface area contributed by atoms with E-state index in [2.05, 4.69) is 10.2 Å². The normalized spacial score (nSPS) is 9.40. The van der Waals surface area contributed by atoms with Crippen molar-refractivity contribution >= 4 is 17.4 Å². The number of halogens is 2. The molecule has 0 fully saturated rings. The molecular formula is C10H9Cl2N3. The summed E-state index contributed by atoms with van der Waals surface area (Å²) in [6.07, 6.45) is 0. The smallest absolute Gasteiger partial charge is 0.292 e. The van der Waals surface area contributed by atoms with Crippen LogP contribution in [0.2, 0.25) is 5.02 Å². The average molecular weight is 242 g/mol. The molecule has 78 valence electrons. The molecule has 0 aliphatic carbocycles. The number of benzene rings is 1. The van der Waals surface area contributed by atoms with E-state index in [-0.39, 0.29) is 12.4 Å². The largest absolute Gasteiger partial charge is 1.00 e. The highest BCUT2D eigenvalue weighted by atomic mass is 35.5. The standard InChI is InChI=1S/C10H8ClN3.ClH/c11-8-6-9(12)13-14-10(8)7-4-2-1-3-5-7;/h1-6H,(H2,12,13);1H. The first kappa shape index (κ1) is 11.8. The number of nitrogens with one attached hydrogen (secondary N) is 1. The number of aromatic nitrogens is 2. The van der Waals surface area contributed by atoms with Crippen molar-refractivity contribution in [1.29, 1.82) is 0 Å². The lowest BCUT2D eigenvalue weighted by molar-refractivity contribution is -0.437. The van der Waals surface area contributed by atoms with Crippen LogP contribution >= 0.6 is 11.6 Å². The van der Waals surface area contributed by atoms with Crippen molar-refractivity contribution in [2.75, 3.05) is 5.73 Å². The molecule has 2 aromatic rings. The first-order valence-corrected chi connectivity index (χ1v) is 4.54. The van der Waals surface area contributed by atoms with E-state index in [1.54, 1.807) is 6.07 Å². The van der Waals surface area contributed by atoms with Gasteiger partial charge in [-0.1, -0.05) is 47.0 Å². The average Bonchev–Trinajstić information content (AvgIpc) is 2.19. The van der Waals surface area contributed by atoms with Crippen molar-refractivity contribution in [3.05, 3.63) is 41.4 Å². The number of hydrogen-bond acceptors (Lipinski definition) is 2. The van der Waals surface area contributed by atoms with E-state index in [0.717, 1.165) is 5.56 Å². The first-order chi connectivity index (χ1) is 6.77. The Kier molecular flexibility index (Phi) is 3.88. The molecule has 0 spiro atoms. The third-order valence-electron chi connectivity index (χ3n) is 1.85. The lowest BCUT2D eigenvalue weighted by Crippen LogP contribution is -3.00. The summed E-state index contributed by atoms with van der Waals surface area (Å²) >= 11 is 6.00. The van der Waals surface area contributed by atoms with Crippen LogP contribution in [0.5, 0.6) is 0 Å². The number of nitrogen functional groups attached to an aromatic ring is 1. The Morgan fingerprint density at radius 2 is 1.87 bits per heavy atom. The quantitative estimate of drug-likeness (QED) is 0.683. The monoisotopic (exact) mass is 241 g/mol. The zero-order valence-electron chi connectivity index (χ0n) is 7.74. The minimum Gasteiger partial charge on any atom is -1.00 e. The fraction of sp³-hybridized carbons (Fsp3) is 0. The van der Waals surface area contributed by atoms with Gasteiger partial charge in [-0.2, -0.15) is 0 Å². The van der Waals surface area contributed by atoms with Crippen molar-refractivity contribution in [2.45, 2.75) is 0 Å². The van der Waals surface area contributed by atoms with Crippen molar-refractivity contribution in [3.63, 3.8) is 0 Å². The molecule has 5 heteroatoms. The maximum atomic E-state index is 6.00. The van der Waals surface area contributed by atoms with Crippen molar-refractivity contribution in [3.8, 4) is 11.3 Å². The van der Waals surface area contributed by atoms with Crippen LogP contribution in [0, 0.1) is 0 Å². The van der Waals surface area contributed by atoms with Crippen LogP contribution < -0.4 is 23.2 Å². The molecule has 0 saturated carbocycles. The Morgan fingerprint density at radius 3 is 2.47 bits per heavy atom. The summed E-state index contributed by atoms with van der Waals surface area (Å²) in [5.74, 6) is 0.453. The molecule has 0 saturated heterocycles. The molecule has 1 heterocycles. The van der Waals surface area contributed by atoms with Crippen molar-refractivity contribution in [2.24, 2.45) is 0 Å². The van der Waals surface area contributed by atoms with Gasteiger partial charge in [0.05, 0.1) is 5.02 Å². The van der Waals surface area contributed by atoms with Crippen LogP contribution in [0.1, 0.15) is 0 Å². The zero-order valence-corrected chi connectivity index (χ0v) is 9.26. The number of nitrogens with two attached hydrogens (primary N) is 1. The number of rotatable bonds is 1. The van der Waals surface area contributed by atoms with Gasteiger partial charge in [0.25, 0.3) is 5.82 Å². The molecular weight excluding hydrogens is 233 g/mol. The molecule has 1 aromatic heterocycles. The molecule has 15 heavy (non-hydrogen) atoms. The predicted octanol–water partition coefficient (Wildman–Crippen LogP) is -1.20. The molecule has 0 amide bonds. The second-order valence-corrected chi connectivity index (χ2v) is 3.29. The van der Waals surface area contributed by atoms with Gasteiger partial charge in [-0.05, 0) is 0 Å². The Morgan fingerprint density at radius 1 is 1.20 bits per heavy atom. The molecule has 3 N–H and O–H groups in total. The van der Waals surface area contributed by atoms with Crippen LogP contribution in [-0.4, -0.2) is 5.10 Å². The third kappa shape index (κ3) is 2.58. The number of hydrogen-bond donors (Lipinski definition) is 1. The third-order valence-corrected chi connectivity index (χ3v) is 2.14. The Bertz CT molecular complexity index is 446. The summed E-state index contributed by atoms with van der Waals surface area (Å²) in [7, 11) is 0. The summed E-state index contributed by atoms with van der Waals surface area (Å²) in [6, 6.07) is 11.3. The van der Waals surface area contributed by atoms with E-state index >= 15 is 0 Å². The van der Waals surface area contributed by atoms with E-state index in [9.17, 15) is 0 Å². The minimum absolute atomic E-state index is 0. The highest BCUT2D eigenvalue weighted by Crippen LogP contribution is 2.24. The highest BCUT2D eigenvalue weighted by Gasteiger charge is 2.07. The number of nitrogens with zero attached hydrogens (tertiary/aromatic N) is 1. The SMILES string of the molecule is Nc1cc(Cl)c(-c2ccccc2)n[nH+]1.[Cl-]. The Balaban J connectivity index is 0.00000112. The molecule has 2 rings (SSSR count). The Hall–Kier alpha value is -1.32. The molecule has 0 unspecified atom stereocenters. The van der Waals surface area contributed by atoms with E-state index in [4.69, 9.17) is 17.3 Å². The van der Waals surface area contributed by atoms with Crippen LogP contribution in [0.25, 0.3) is 11.3 Å². The van der Waals surface area contributed by atoms with Gasteiger partial charge in [0.2, 0.25) is 0 Å². The summed E-state index contributed by atoms with van der Waals surface area (Å²) in [4.78, 5) is 0. The van der Waals surface area contributed by atoms with E-state index in [0.29, 0.717) is 16.5 Å². The minimum atomic E-state index is 0. The molecule has 0 radical (unpaired) electrons. The zero-order chi connectivity index (χ0) is 9.97. The van der Waals surface area contributed by atoms with Gasteiger partial charge >= 0.3 is 0 Å². The summed E-state index contributed by atoms with van der Waals surface area (Å²) in [5.41, 5.74) is 7.18. The molecule has 3 nitrogen and oxygen atoms in total. The van der Waals surface area contributed by atoms with Gasteiger partial charge in [0.1, 0.15) is 5.69 Å². The summed E-state index contributed by atoms with van der Waals surface area (Å²) in [6.45, 7) is 0. The van der Waals surface area contributed by atoms with E-state index < -0.39 is 0 Å². The fourth-order valence-corrected chi connectivity index (χ4v) is 1.48. The highest BCUT2D eigenvalue weighted by molar-refractivity contribution is 6.33. The van der Waals surface area contributed by atoms with Gasteiger partial charge in [-0.3, -0.25) is 5.73 Å². The van der Waals surface area contributed by atoms with Crippen LogP contribution in [0.3, 0.4) is 0 Å². The van der Waals surface area contributed by atoms with E-state index in [1.807, 2.05) is 30.3 Å². The second-order valence-electron chi connectivity index (χ2n) is 2.89. The van der Waals surface area contributed by atoms with Crippen LogP contribution in [-0.2, 0) is 0 Å². The van der Waals surface area contributed by atoms with Crippen molar-refractivity contribution < 1.29 is 17.5 Å². The van der Waals surface area contributed by atoms with Gasteiger partial charge in [0.15, 0.2) is 0 Å². The summed E-state index contributed by atoms with van der Waals surface area (Å²) in [5, 5.41) is 7.30. The topological polar surface area (TPSA) is 53.0 Å². The Labute approximate surface area is 98.7 Å². The second kappa shape index (κ2) is 4.96. The molecule has 0 atom stereocenters. The molecule has 1 aromatic carbocycles. The van der Waals surface area contributed by atoms with Gasteiger partial charge in [0, 0.05) is 11.6 Å². The molecule has 0 aliphatic rings. The van der Waals surface area contributed by atoms with Gasteiger partial charge in [-0.15, -0.1) is 5.10 Å². The van der Waals surface area contributed by atoms with E-state index in [1.165, 1.54) is 0 Å². The van der Waals surface area contributed by atoms with Gasteiger partial charge in [-0.25, -0.2) is 0 Å². The summed E-state index contributed by atoms with van der Waals surface area (Å²) < 4.78 is 0.